The van der Waals surface area contributed by atoms with Gasteiger partial charge in [-0.05, 0) is 30.3 Å². The number of carbonyl (C=O) groups excluding carboxylic acids is 2. The molecule has 0 fully saturated rings. The first-order valence-electron chi connectivity index (χ1n) is 9.87. The minimum Gasteiger partial charge on any atom is -0.493 e. The van der Waals surface area contributed by atoms with Gasteiger partial charge in [0.2, 0.25) is 5.75 Å². The SMILES string of the molecule is COC(=O)c1c(CF)[nH]c2ccc(NC(=O)c3cc4cc(OC)c(OC)c(OC)c4[nH]3)cc12. The number of rotatable bonds is 7. The molecule has 4 rings (SSSR count). The third-order valence-corrected chi connectivity index (χ3v) is 5.32. The molecule has 0 aliphatic heterocycles. The van der Waals surface area contributed by atoms with Crippen molar-refractivity contribution >= 4 is 39.4 Å². The Morgan fingerprint density at radius 2 is 1.73 bits per heavy atom. The zero-order chi connectivity index (χ0) is 23.7. The number of alkyl halides is 1. The normalized spacial score (nSPS) is 10.9. The van der Waals surface area contributed by atoms with Crippen LogP contribution < -0.4 is 19.5 Å². The molecule has 0 spiro atoms. The van der Waals surface area contributed by atoms with Gasteiger partial charge in [-0.25, -0.2) is 9.18 Å². The van der Waals surface area contributed by atoms with Crippen molar-refractivity contribution in [2.24, 2.45) is 0 Å². The number of halogens is 1. The molecule has 2 aromatic heterocycles. The van der Waals surface area contributed by atoms with Gasteiger partial charge in [-0.15, -0.1) is 0 Å². The lowest BCUT2D eigenvalue weighted by Gasteiger charge is -2.12. The molecular weight excluding hydrogens is 433 g/mol. The number of hydrogen-bond donors (Lipinski definition) is 3. The summed E-state index contributed by atoms with van der Waals surface area (Å²) in [7, 11) is 5.73. The Balaban J connectivity index is 1.71. The first-order chi connectivity index (χ1) is 15.9. The predicted octanol–water partition coefficient (Wildman–Crippen LogP) is 4.18. The first-order valence-corrected chi connectivity index (χ1v) is 9.87. The van der Waals surface area contributed by atoms with Crippen LogP contribution in [0.1, 0.15) is 26.5 Å². The van der Waals surface area contributed by atoms with Crippen molar-refractivity contribution in [1.82, 2.24) is 9.97 Å². The Morgan fingerprint density at radius 3 is 2.36 bits per heavy atom. The zero-order valence-electron chi connectivity index (χ0n) is 18.4. The largest absolute Gasteiger partial charge is 0.493 e. The van der Waals surface area contributed by atoms with E-state index in [-0.39, 0.29) is 17.0 Å². The predicted molar refractivity (Wildman–Crippen MR) is 120 cm³/mol. The summed E-state index contributed by atoms with van der Waals surface area (Å²) in [6, 6.07) is 8.28. The van der Waals surface area contributed by atoms with Crippen LogP contribution in [0, 0.1) is 0 Å². The Morgan fingerprint density at radius 1 is 0.970 bits per heavy atom. The number of carbonyl (C=O) groups is 2. The highest BCUT2D eigenvalue weighted by Crippen LogP contribution is 2.43. The molecule has 0 saturated carbocycles. The van der Waals surface area contributed by atoms with Crippen molar-refractivity contribution in [3.05, 3.63) is 47.3 Å². The minimum atomic E-state index is -0.857. The number of anilines is 1. The van der Waals surface area contributed by atoms with E-state index in [2.05, 4.69) is 15.3 Å². The molecular formula is C23H22FN3O6. The summed E-state index contributed by atoms with van der Waals surface area (Å²) in [5.74, 6) is 0.179. The van der Waals surface area contributed by atoms with Crippen LogP contribution in [0.5, 0.6) is 17.2 Å². The van der Waals surface area contributed by atoms with Crippen LogP contribution in [0.2, 0.25) is 0 Å². The van der Waals surface area contributed by atoms with Crippen LogP contribution in [0.4, 0.5) is 10.1 Å². The Bertz CT molecular complexity index is 1370. The lowest BCUT2D eigenvalue weighted by atomic mass is 10.1. The highest BCUT2D eigenvalue weighted by Gasteiger charge is 2.22. The van der Waals surface area contributed by atoms with Crippen molar-refractivity contribution in [3.63, 3.8) is 0 Å². The van der Waals surface area contributed by atoms with Crippen LogP contribution in [-0.2, 0) is 11.4 Å². The number of amides is 1. The fourth-order valence-corrected chi connectivity index (χ4v) is 3.83. The smallest absolute Gasteiger partial charge is 0.340 e. The van der Waals surface area contributed by atoms with Gasteiger partial charge in [-0.2, -0.15) is 0 Å². The maximum Gasteiger partial charge on any atom is 0.340 e. The monoisotopic (exact) mass is 455 g/mol. The highest BCUT2D eigenvalue weighted by atomic mass is 19.1. The summed E-state index contributed by atoms with van der Waals surface area (Å²) < 4.78 is 34.4. The molecule has 0 aliphatic carbocycles. The fourth-order valence-electron chi connectivity index (χ4n) is 3.83. The molecule has 0 bridgehead atoms. The number of H-pyrrole nitrogens is 2. The molecule has 33 heavy (non-hydrogen) atoms. The van der Waals surface area contributed by atoms with E-state index < -0.39 is 18.6 Å². The van der Waals surface area contributed by atoms with Gasteiger partial charge < -0.3 is 34.2 Å². The van der Waals surface area contributed by atoms with Crippen molar-refractivity contribution < 1.29 is 32.9 Å². The lowest BCUT2D eigenvalue weighted by molar-refractivity contribution is 0.0600. The summed E-state index contributed by atoms with van der Waals surface area (Å²) in [5.41, 5.74) is 2.03. The van der Waals surface area contributed by atoms with Gasteiger partial charge in [0, 0.05) is 22.0 Å². The molecule has 172 valence electrons. The molecule has 0 saturated heterocycles. The van der Waals surface area contributed by atoms with Crippen LogP contribution >= 0.6 is 0 Å². The summed E-state index contributed by atoms with van der Waals surface area (Å²) in [6.45, 7) is -0.857. The number of methoxy groups -OCH3 is 4. The van der Waals surface area contributed by atoms with Crippen LogP contribution in [0.25, 0.3) is 21.8 Å². The molecule has 3 N–H and O–H groups in total. The summed E-state index contributed by atoms with van der Waals surface area (Å²) in [4.78, 5) is 31.0. The van der Waals surface area contributed by atoms with E-state index >= 15 is 0 Å². The lowest BCUT2D eigenvalue weighted by Crippen LogP contribution is -2.12. The molecule has 0 radical (unpaired) electrons. The van der Waals surface area contributed by atoms with E-state index in [1.165, 1.54) is 28.4 Å². The molecule has 2 heterocycles. The fraction of sp³-hybridized carbons (Fsp3) is 0.217. The second kappa shape index (κ2) is 8.73. The zero-order valence-corrected chi connectivity index (χ0v) is 18.4. The van der Waals surface area contributed by atoms with Crippen LogP contribution in [-0.4, -0.2) is 50.3 Å². The Hall–Kier alpha value is -4.21. The molecule has 1 amide bonds. The van der Waals surface area contributed by atoms with E-state index in [0.717, 1.165) is 0 Å². The standard InChI is InChI=1S/C23H22FN3O6/c1-30-17-8-11-7-15(27-19(11)21(32-3)20(17)31-2)22(28)25-12-5-6-14-13(9-12)18(23(29)33-4)16(10-24)26-14/h5-9,26-27H,10H2,1-4H3,(H,25,28). The second-order valence-electron chi connectivity index (χ2n) is 7.11. The van der Waals surface area contributed by atoms with E-state index in [4.69, 9.17) is 18.9 Å². The van der Waals surface area contributed by atoms with Crippen molar-refractivity contribution in [1.29, 1.82) is 0 Å². The average molecular weight is 455 g/mol. The molecule has 0 atom stereocenters. The number of fused-ring (bicyclic) bond motifs is 2. The van der Waals surface area contributed by atoms with E-state index in [0.29, 0.717) is 44.7 Å². The Kier molecular flexibility index (Phi) is 5.82. The van der Waals surface area contributed by atoms with Gasteiger partial charge in [0.25, 0.3) is 5.91 Å². The molecule has 10 heteroatoms. The van der Waals surface area contributed by atoms with Crippen molar-refractivity contribution in [2.45, 2.75) is 6.67 Å². The van der Waals surface area contributed by atoms with Gasteiger partial charge in [0.1, 0.15) is 12.4 Å². The number of benzene rings is 2. The van der Waals surface area contributed by atoms with E-state index in [1.807, 2.05) is 0 Å². The number of aromatic amines is 2. The van der Waals surface area contributed by atoms with Gasteiger partial charge in [0.15, 0.2) is 11.5 Å². The molecule has 4 aromatic rings. The van der Waals surface area contributed by atoms with Crippen molar-refractivity contribution in [3.8, 4) is 17.2 Å². The maximum absolute atomic E-state index is 13.4. The number of aromatic nitrogens is 2. The number of nitrogens with one attached hydrogen (secondary N) is 3. The second-order valence-corrected chi connectivity index (χ2v) is 7.11. The van der Waals surface area contributed by atoms with E-state index in [1.54, 1.807) is 30.3 Å². The molecule has 2 aromatic carbocycles. The average Bonchev–Trinajstić information content (AvgIpc) is 3.43. The van der Waals surface area contributed by atoms with Gasteiger partial charge in [-0.1, -0.05) is 0 Å². The topological polar surface area (TPSA) is 115 Å². The quantitative estimate of drug-likeness (QED) is 0.360. The summed E-state index contributed by atoms with van der Waals surface area (Å²) in [6.07, 6.45) is 0. The van der Waals surface area contributed by atoms with Gasteiger partial charge >= 0.3 is 5.97 Å². The van der Waals surface area contributed by atoms with Gasteiger partial charge in [-0.3, -0.25) is 4.79 Å². The minimum absolute atomic E-state index is 0.0978. The van der Waals surface area contributed by atoms with E-state index in [9.17, 15) is 14.0 Å². The van der Waals surface area contributed by atoms with Crippen LogP contribution in [0.15, 0.2) is 30.3 Å². The highest BCUT2D eigenvalue weighted by molar-refractivity contribution is 6.10. The molecule has 9 nitrogen and oxygen atoms in total. The summed E-state index contributed by atoms with van der Waals surface area (Å²) in [5, 5.41) is 3.92. The molecule has 0 aliphatic rings. The number of hydrogen-bond acceptors (Lipinski definition) is 6. The first kappa shape index (κ1) is 22.0. The molecule has 0 unspecified atom stereocenters. The number of ether oxygens (including phenoxy) is 4. The maximum atomic E-state index is 13.4. The summed E-state index contributed by atoms with van der Waals surface area (Å²) >= 11 is 0. The number of esters is 1. The third kappa shape index (κ3) is 3.69. The van der Waals surface area contributed by atoms with Crippen LogP contribution in [0.3, 0.4) is 0 Å². The van der Waals surface area contributed by atoms with Gasteiger partial charge in [0.05, 0.1) is 45.2 Å². The Labute approximate surface area is 187 Å². The third-order valence-electron chi connectivity index (χ3n) is 5.32. The van der Waals surface area contributed by atoms with Crippen molar-refractivity contribution in [2.75, 3.05) is 33.8 Å².